The molecule has 0 radical (unpaired) electrons. The van der Waals surface area contributed by atoms with Crippen LogP contribution in [0.15, 0.2) is 0 Å². The molecule has 7 heteroatoms. The summed E-state index contributed by atoms with van der Waals surface area (Å²) in [5.74, 6) is 0.443. The highest BCUT2D eigenvalue weighted by Crippen LogP contribution is 2.19. The number of hydrogen-bond donors (Lipinski definition) is 1. The quantitative estimate of drug-likeness (QED) is 0.802. The molecular weight excluding hydrogens is 262 g/mol. The van der Waals surface area contributed by atoms with Gasteiger partial charge < -0.3 is 5.32 Å². The standard InChI is InChI=1S/C10H23N3O2S.ClH/c1-4-12(3)16(14,15)13-7-5-6-10(9-13)8-11-2;/h10-11H,4-9H2,1-3H3;1H. The first-order valence-electron chi connectivity index (χ1n) is 5.88. The van der Waals surface area contributed by atoms with Crippen molar-refractivity contribution < 1.29 is 8.42 Å². The van der Waals surface area contributed by atoms with Gasteiger partial charge in [0.15, 0.2) is 0 Å². The molecule has 0 aromatic rings. The number of hydrogen-bond acceptors (Lipinski definition) is 3. The minimum absolute atomic E-state index is 0. The number of nitrogens with zero attached hydrogens (tertiary/aromatic N) is 2. The van der Waals surface area contributed by atoms with Crippen LogP contribution in [0, 0.1) is 5.92 Å². The summed E-state index contributed by atoms with van der Waals surface area (Å²) < 4.78 is 27.2. The molecule has 0 aromatic carbocycles. The van der Waals surface area contributed by atoms with E-state index < -0.39 is 10.2 Å². The van der Waals surface area contributed by atoms with E-state index in [1.165, 1.54) is 4.31 Å². The highest BCUT2D eigenvalue weighted by molar-refractivity contribution is 7.86. The van der Waals surface area contributed by atoms with Gasteiger partial charge in [0.1, 0.15) is 0 Å². The molecule has 1 saturated heterocycles. The molecule has 0 aromatic heterocycles. The second-order valence-electron chi connectivity index (χ2n) is 4.35. The van der Waals surface area contributed by atoms with Crippen molar-refractivity contribution in [3.05, 3.63) is 0 Å². The van der Waals surface area contributed by atoms with Crippen molar-refractivity contribution in [3.63, 3.8) is 0 Å². The lowest BCUT2D eigenvalue weighted by molar-refractivity contribution is 0.250. The van der Waals surface area contributed by atoms with E-state index >= 15 is 0 Å². The summed E-state index contributed by atoms with van der Waals surface area (Å²) in [6, 6.07) is 0. The van der Waals surface area contributed by atoms with Crippen LogP contribution >= 0.6 is 12.4 Å². The summed E-state index contributed by atoms with van der Waals surface area (Å²) in [6.07, 6.45) is 2.08. The van der Waals surface area contributed by atoms with E-state index in [1.807, 2.05) is 14.0 Å². The highest BCUT2D eigenvalue weighted by atomic mass is 35.5. The molecule has 0 bridgehead atoms. The maximum atomic E-state index is 12.1. The number of nitrogens with one attached hydrogen (secondary N) is 1. The fraction of sp³-hybridized carbons (Fsp3) is 1.00. The van der Waals surface area contributed by atoms with Crippen molar-refractivity contribution in [3.8, 4) is 0 Å². The lowest BCUT2D eigenvalue weighted by atomic mass is 10.00. The molecule has 104 valence electrons. The van der Waals surface area contributed by atoms with E-state index in [9.17, 15) is 8.42 Å². The molecule has 1 aliphatic rings. The molecule has 0 amide bonds. The Balaban J connectivity index is 0.00000256. The fourth-order valence-electron chi connectivity index (χ4n) is 2.05. The Bertz CT molecular complexity index is 309. The monoisotopic (exact) mass is 285 g/mol. The van der Waals surface area contributed by atoms with Crippen molar-refractivity contribution in [2.45, 2.75) is 19.8 Å². The highest BCUT2D eigenvalue weighted by Gasteiger charge is 2.30. The molecule has 1 N–H and O–H groups in total. The second-order valence-corrected chi connectivity index (χ2v) is 6.38. The van der Waals surface area contributed by atoms with Crippen molar-refractivity contribution >= 4 is 22.6 Å². The molecule has 0 saturated carbocycles. The summed E-state index contributed by atoms with van der Waals surface area (Å²) in [7, 11) is 0.320. The molecular formula is C10H24ClN3O2S. The van der Waals surface area contributed by atoms with Crippen LogP contribution in [0.1, 0.15) is 19.8 Å². The van der Waals surface area contributed by atoms with E-state index in [4.69, 9.17) is 0 Å². The number of rotatable bonds is 5. The van der Waals surface area contributed by atoms with Gasteiger partial charge in [-0.3, -0.25) is 0 Å². The Morgan fingerprint density at radius 3 is 2.65 bits per heavy atom. The van der Waals surface area contributed by atoms with Crippen molar-refractivity contribution in [2.75, 3.05) is 40.3 Å². The van der Waals surface area contributed by atoms with E-state index in [0.29, 0.717) is 25.6 Å². The summed E-state index contributed by atoms with van der Waals surface area (Å²) in [5, 5.41) is 3.12. The number of halogens is 1. The van der Waals surface area contributed by atoms with Gasteiger partial charge in [0.25, 0.3) is 10.2 Å². The maximum absolute atomic E-state index is 12.1. The van der Waals surface area contributed by atoms with Crippen LogP contribution in [0.3, 0.4) is 0 Å². The average molecular weight is 286 g/mol. The Morgan fingerprint density at radius 1 is 1.47 bits per heavy atom. The summed E-state index contributed by atoms with van der Waals surface area (Å²) >= 11 is 0. The topological polar surface area (TPSA) is 52.7 Å². The molecule has 5 nitrogen and oxygen atoms in total. The average Bonchev–Trinajstić information content (AvgIpc) is 2.28. The molecule has 1 atom stereocenters. The zero-order valence-electron chi connectivity index (χ0n) is 10.8. The van der Waals surface area contributed by atoms with Crippen molar-refractivity contribution in [1.82, 2.24) is 13.9 Å². The molecule has 1 aliphatic heterocycles. The first kappa shape index (κ1) is 17.1. The molecule has 1 fully saturated rings. The summed E-state index contributed by atoms with van der Waals surface area (Å²) in [5.41, 5.74) is 0. The summed E-state index contributed by atoms with van der Waals surface area (Å²) in [6.45, 7) is 4.57. The summed E-state index contributed by atoms with van der Waals surface area (Å²) in [4.78, 5) is 0. The van der Waals surface area contributed by atoms with Crippen molar-refractivity contribution in [2.24, 2.45) is 5.92 Å². The smallest absolute Gasteiger partial charge is 0.281 e. The Kier molecular flexibility index (Phi) is 7.58. The third-order valence-electron chi connectivity index (χ3n) is 3.14. The van der Waals surface area contributed by atoms with Crippen LogP contribution in [0.2, 0.25) is 0 Å². The minimum Gasteiger partial charge on any atom is -0.319 e. The molecule has 1 heterocycles. The van der Waals surface area contributed by atoms with Gasteiger partial charge in [-0.25, -0.2) is 0 Å². The van der Waals surface area contributed by atoms with Crippen LogP contribution in [0.4, 0.5) is 0 Å². The Labute approximate surface area is 111 Å². The van der Waals surface area contributed by atoms with Gasteiger partial charge >= 0.3 is 0 Å². The SMILES string of the molecule is CCN(C)S(=O)(=O)N1CCCC(CNC)C1.Cl. The van der Waals surface area contributed by atoms with Crippen LogP contribution < -0.4 is 5.32 Å². The van der Waals surface area contributed by atoms with Gasteiger partial charge in [-0.2, -0.15) is 17.0 Å². The van der Waals surface area contributed by atoms with E-state index in [0.717, 1.165) is 19.4 Å². The first-order valence-corrected chi connectivity index (χ1v) is 7.28. The Morgan fingerprint density at radius 2 is 2.12 bits per heavy atom. The molecule has 1 rings (SSSR count). The lowest BCUT2D eigenvalue weighted by Crippen LogP contribution is -2.47. The van der Waals surface area contributed by atoms with Gasteiger partial charge in [-0.15, -0.1) is 12.4 Å². The molecule has 0 spiro atoms. The minimum atomic E-state index is -3.22. The fourth-order valence-corrected chi connectivity index (χ4v) is 3.53. The van der Waals surface area contributed by atoms with Gasteiger partial charge in [0.05, 0.1) is 0 Å². The van der Waals surface area contributed by atoms with E-state index in [-0.39, 0.29) is 12.4 Å². The van der Waals surface area contributed by atoms with Crippen LogP contribution in [0.25, 0.3) is 0 Å². The predicted molar refractivity (Wildman–Crippen MR) is 72.7 cm³/mol. The van der Waals surface area contributed by atoms with E-state index in [1.54, 1.807) is 11.4 Å². The lowest BCUT2D eigenvalue weighted by Gasteiger charge is -2.34. The third-order valence-corrected chi connectivity index (χ3v) is 5.17. The molecule has 1 unspecified atom stereocenters. The maximum Gasteiger partial charge on any atom is 0.281 e. The Hall–Kier alpha value is 0.120. The predicted octanol–water partition coefficient (Wildman–Crippen LogP) is 0.536. The van der Waals surface area contributed by atoms with Gasteiger partial charge in [-0.1, -0.05) is 6.92 Å². The first-order chi connectivity index (χ1) is 7.52. The molecule has 0 aliphatic carbocycles. The van der Waals surface area contributed by atoms with Gasteiger partial charge in [-0.05, 0) is 32.4 Å². The van der Waals surface area contributed by atoms with Crippen LogP contribution in [0.5, 0.6) is 0 Å². The van der Waals surface area contributed by atoms with Crippen LogP contribution in [-0.4, -0.2) is 57.3 Å². The third kappa shape index (κ3) is 4.37. The zero-order chi connectivity index (χ0) is 12.2. The zero-order valence-corrected chi connectivity index (χ0v) is 12.5. The van der Waals surface area contributed by atoms with E-state index in [2.05, 4.69) is 5.32 Å². The van der Waals surface area contributed by atoms with Crippen LogP contribution in [-0.2, 0) is 10.2 Å². The normalized spacial score (nSPS) is 22.5. The second kappa shape index (κ2) is 7.53. The van der Waals surface area contributed by atoms with Crippen molar-refractivity contribution in [1.29, 1.82) is 0 Å². The van der Waals surface area contributed by atoms with Gasteiger partial charge in [0, 0.05) is 26.7 Å². The largest absolute Gasteiger partial charge is 0.319 e. The van der Waals surface area contributed by atoms with Gasteiger partial charge in [0.2, 0.25) is 0 Å². The number of piperidine rings is 1. The molecule has 17 heavy (non-hydrogen) atoms.